The van der Waals surface area contributed by atoms with E-state index in [0.717, 1.165) is 83.1 Å². The number of hydrogen-bond donors (Lipinski definition) is 0. The summed E-state index contributed by atoms with van der Waals surface area (Å²) in [5.74, 6) is 0.974. The van der Waals surface area contributed by atoms with Gasteiger partial charge >= 0.3 is 5.97 Å². The van der Waals surface area contributed by atoms with E-state index in [2.05, 4.69) is 102 Å². The molecule has 4 aromatic rings. The monoisotopic (exact) mass is 806 g/mol. The van der Waals surface area contributed by atoms with Gasteiger partial charge in [0, 0.05) is 17.9 Å². The molecule has 4 rings (SSSR count). The fourth-order valence-electron chi connectivity index (χ4n) is 7.19. The van der Waals surface area contributed by atoms with Crippen LogP contribution < -0.4 is 9.47 Å². The Kier molecular flexibility index (Phi) is 17.4. The summed E-state index contributed by atoms with van der Waals surface area (Å²) in [6.45, 7) is 35.1. The molecule has 0 aliphatic heterocycles. The van der Waals surface area contributed by atoms with Crippen LogP contribution in [0.5, 0.6) is 11.5 Å². The largest absolute Gasteiger partial charge is 0.493 e. The average molecular weight is 807 g/mol. The number of ether oxygens (including phenoxy) is 4. The van der Waals surface area contributed by atoms with Crippen LogP contribution in [0.15, 0.2) is 148 Å². The molecule has 60 heavy (non-hydrogen) atoms. The SMILES string of the molecule is C=CCc1cccc(C(=C)CC(C)(COCC(C)(CCC(=C)c2cccc(CC(=C)C)c2)CCC(=C)c2cccc(OC=O)c2)COC(=C)c2cccc(OC(C)=O)c2)c1. The molecule has 0 fully saturated rings. The van der Waals surface area contributed by atoms with Crippen LogP contribution in [0, 0.1) is 10.8 Å². The lowest BCUT2D eigenvalue weighted by molar-refractivity contribution is -0.131. The van der Waals surface area contributed by atoms with Gasteiger partial charge in [0.25, 0.3) is 6.47 Å². The molecule has 2 unspecified atom stereocenters. The van der Waals surface area contributed by atoms with Crippen molar-refractivity contribution >= 4 is 34.9 Å². The number of rotatable bonds is 26. The van der Waals surface area contributed by atoms with E-state index < -0.39 is 11.4 Å². The quantitative estimate of drug-likeness (QED) is 0.0207. The minimum Gasteiger partial charge on any atom is -0.493 e. The Morgan fingerprint density at radius 3 is 1.80 bits per heavy atom. The molecular formula is C54H62O6. The molecule has 4 aromatic carbocycles. The number of benzene rings is 4. The lowest BCUT2D eigenvalue weighted by Crippen LogP contribution is -2.32. The lowest BCUT2D eigenvalue weighted by Gasteiger charge is -2.35. The molecule has 0 bridgehead atoms. The van der Waals surface area contributed by atoms with Crippen molar-refractivity contribution in [1.29, 1.82) is 0 Å². The van der Waals surface area contributed by atoms with E-state index in [0.29, 0.717) is 50.0 Å². The highest BCUT2D eigenvalue weighted by Crippen LogP contribution is 2.38. The molecule has 0 amide bonds. The smallest absolute Gasteiger partial charge is 0.308 e. The van der Waals surface area contributed by atoms with Crippen molar-refractivity contribution in [3.05, 3.63) is 182 Å². The van der Waals surface area contributed by atoms with Gasteiger partial charge in [-0.3, -0.25) is 9.59 Å². The van der Waals surface area contributed by atoms with Crippen molar-refractivity contribution in [1.82, 2.24) is 0 Å². The van der Waals surface area contributed by atoms with Crippen LogP contribution in [0.2, 0.25) is 0 Å². The van der Waals surface area contributed by atoms with Crippen LogP contribution in [0.4, 0.5) is 0 Å². The molecule has 0 spiro atoms. The number of esters is 1. The first-order valence-electron chi connectivity index (χ1n) is 20.5. The Labute approximate surface area is 358 Å². The third kappa shape index (κ3) is 15.0. The number of carbonyl (C=O) groups is 2. The molecule has 0 radical (unpaired) electrons. The van der Waals surface area contributed by atoms with Crippen molar-refractivity contribution in [3.63, 3.8) is 0 Å². The summed E-state index contributed by atoms with van der Waals surface area (Å²) in [6, 6.07) is 31.6. The molecule has 0 aliphatic rings. The van der Waals surface area contributed by atoms with Crippen LogP contribution >= 0.6 is 0 Å². The van der Waals surface area contributed by atoms with Crippen LogP contribution in [0.1, 0.15) is 93.2 Å². The number of allylic oxidation sites excluding steroid dienone is 5. The zero-order valence-corrected chi connectivity index (χ0v) is 36.2. The van der Waals surface area contributed by atoms with E-state index >= 15 is 0 Å². The zero-order valence-electron chi connectivity index (χ0n) is 36.2. The van der Waals surface area contributed by atoms with Crippen LogP contribution in [-0.4, -0.2) is 32.3 Å². The molecule has 0 saturated heterocycles. The van der Waals surface area contributed by atoms with E-state index in [-0.39, 0.29) is 5.41 Å². The third-order valence-electron chi connectivity index (χ3n) is 10.6. The second-order valence-electron chi connectivity index (χ2n) is 16.7. The third-order valence-corrected chi connectivity index (χ3v) is 10.6. The predicted molar refractivity (Wildman–Crippen MR) is 248 cm³/mol. The number of hydrogen-bond acceptors (Lipinski definition) is 6. The lowest BCUT2D eigenvalue weighted by atomic mass is 9.78. The van der Waals surface area contributed by atoms with Gasteiger partial charge in [-0.05, 0) is 126 Å². The molecule has 314 valence electrons. The van der Waals surface area contributed by atoms with E-state index in [1.54, 1.807) is 24.3 Å². The van der Waals surface area contributed by atoms with Gasteiger partial charge in [-0.1, -0.05) is 131 Å². The molecule has 6 heteroatoms. The molecule has 0 aliphatic carbocycles. The summed E-state index contributed by atoms with van der Waals surface area (Å²) in [4.78, 5) is 22.7. The molecule has 2 atom stereocenters. The highest BCUT2D eigenvalue weighted by atomic mass is 16.5. The molecule has 6 nitrogen and oxygen atoms in total. The molecule has 0 saturated carbocycles. The Morgan fingerprint density at radius 2 is 1.18 bits per heavy atom. The first kappa shape index (κ1) is 46.7. The number of carbonyl (C=O) groups excluding carboxylic acids is 2. The van der Waals surface area contributed by atoms with Crippen molar-refractivity contribution in [2.75, 3.05) is 19.8 Å². The topological polar surface area (TPSA) is 71.1 Å². The van der Waals surface area contributed by atoms with Gasteiger partial charge in [0.15, 0.2) is 0 Å². The van der Waals surface area contributed by atoms with Crippen molar-refractivity contribution in [2.24, 2.45) is 10.8 Å². The fraction of sp³-hybridized carbons (Fsp3) is 0.296. The summed E-state index contributed by atoms with van der Waals surface area (Å²) in [5, 5.41) is 0. The molecular weight excluding hydrogens is 745 g/mol. The van der Waals surface area contributed by atoms with Gasteiger partial charge in [-0.2, -0.15) is 0 Å². The standard InChI is InChI=1S/C54H62O6/c1-11-16-45-17-12-20-48(30-45)42(6)34-54(10,37-58-43(7)50-22-15-24-52(33-50)60-44(8)56)36-57-35-53(9,28-26-41(5)49-21-14-23-51(32-49)59-38-55)27-25-40(4)47-19-13-18-46(31-47)29-39(2)3/h11-15,17-24,30-33,38H,1-2,4-7,16,25-29,34-37H2,3,8-10H3. The molecule has 0 aromatic heterocycles. The minimum atomic E-state index is -0.501. The minimum absolute atomic E-state index is 0.253. The van der Waals surface area contributed by atoms with Gasteiger partial charge in [-0.15, -0.1) is 6.58 Å². The zero-order chi connectivity index (χ0) is 43.7. The van der Waals surface area contributed by atoms with E-state index in [1.165, 1.54) is 18.1 Å². The molecule has 0 N–H and O–H groups in total. The first-order chi connectivity index (χ1) is 28.6. The van der Waals surface area contributed by atoms with Gasteiger partial charge in [-0.25, -0.2) is 0 Å². The molecule has 0 heterocycles. The van der Waals surface area contributed by atoms with Gasteiger partial charge in [0.2, 0.25) is 0 Å². The second kappa shape index (κ2) is 22.4. The normalized spacial score (nSPS) is 12.9. The van der Waals surface area contributed by atoms with Gasteiger partial charge < -0.3 is 18.9 Å². The Hall–Kier alpha value is -5.98. The summed E-state index contributed by atoms with van der Waals surface area (Å²) >= 11 is 0. The Balaban J connectivity index is 1.56. The summed E-state index contributed by atoms with van der Waals surface area (Å²) in [6.07, 6.45) is 7.25. The summed E-state index contributed by atoms with van der Waals surface area (Å²) < 4.78 is 23.7. The first-order valence-corrected chi connectivity index (χ1v) is 20.5. The van der Waals surface area contributed by atoms with Crippen molar-refractivity contribution in [3.8, 4) is 11.5 Å². The maximum atomic E-state index is 11.6. The Bertz CT molecular complexity index is 2190. The van der Waals surface area contributed by atoms with E-state index in [4.69, 9.17) is 18.9 Å². The average Bonchev–Trinajstić information content (AvgIpc) is 3.21. The van der Waals surface area contributed by atoms with E-state index in [9.17, 15) is 9.59 Å². The highest BCUT2D eigenvalue weighted by molar-refractivity contribution is 5.70. The van der Waals surface area contributed by atoms with E-state index in [1.807, 2.05) is 37.3 Å². The maximum absolute atomic E-state index is 11.6. The predicted octanol–water partition coefficient (Wildman–Crippen LogP) is 13.1. The highest BCUT2D eigenvalue weighted by Gasteiger charge is 2.31. The second-order valence-corrected chi connectivity index (χ2v) is 16.7. The Morgan fingerprint density at radius 1 is 0.650 bits per heavy atom. The fourth-order valence-corrected chi connectivity index (χ4v) is 7.19. The van der Waals surface area contributed by atoms with Gasteiger partial charge in [0.1, 0.15) is 17.3 Å². The van der Waals surface area contributed by atoms with Crippen LogP contribution in [-0.2, 0) is 31.9 Å². The van der Waals surface area contributed by atoms with Crippen molar-refractivity contribution < 1.29 is 28.5 Å². The summed E-state index contributed by atoms with van der Waals surface area (Å²) in [5.41, 5.74) is 9.59. The van der Waals surface area contributed by atoms with Crippen molar-refractivity contribution in [2.45, 2.75) is 72.6 Å². The van der Waals surface area contributed by atoms with Gasteiger partial charge in [0.05, 0.1) is 19.8 Å². The summed E-state index contributed by atoms with van der Waals surface area (Å²) in [7, 11) is 0. The maximum Gasteiger partial charge on any atom is 0.308 e. The van der Waals surface area contributed by atoms with Crippen LogP contribution in [0.25, 0.3) is 22.5 Å². The van der Waals surface area contributed by atoms with Crippen LogP contribution in [0.3, 0.4) is 0 Å².